The Hall–Kier alpha value is -3.48. The number of hydrogen-bond acceptors (Lipinski definition) is 5. The van der Waals surface area contributed by atoms with E-state index in [1.165, 1.54) is 17.1 Å². The van der Waals surface area contributed by atoms with Crippen LogP contribution in [0.5, 0.6) is 0 Å². The van der Waals surface area contributed by atoms with E-state index >= 15 is 0 Å². The first-order valence-corrected chi connectivity index (χ1v) is 9.28. The predicted octanol–water partition coefficient (Wildman–Crippen LogP) is 3.54. The van der Waals surface area contributed by atoms with Crippen molar-refractivity contribution in [1.82, 2.24) is 19.9 Å². The van der Waals surface area contributed by atoms with Gasteiger partial charge < -0.3 is 10.4 Å². The summed E-state index contributed by atoms with van der Waals surface area (Å²) in [6, 6.07) is 8.15. The Morgan fingerprint density at radius 1 is 1.12 bits per heavy atom. The van der Waals surface area contributed by atoms with Crippen LogP contribution in [0.2, 0.25) is 0 Å². The summed E-state index contributed by atoms with van der Waals surface area (Å²) in [6.07, 6.45) is -6.80. The third-order valence-electron chi connectivity index (χ3n) is 4.33. The summed E-state index contributed by atoms with van der Waals surface area (Å²) in [6.45, 7) is 2.86. The minimum atomic E-state index is -5.08. The molecule has 0 aliphatic rings. The number of halogens is 6. The largest absolute Gasteiger partial charge is 0.490 e. The van der Waals surface area contributed by atoms with E-state index in [4.69, 9.17) is 9.90 Å². The molecule has 0 amide bonds. The zero-order chi connectivity index (χ0) is 24.8. The maximum absolute atomic E-state index is 12.6. The van der Waals surface area contributed by atoms with Gasteiger partial charge >= 0.3 is 18.3 Å². The van der Waals surface area contributed by atoms with Gasteiger partial charge in [-0.15, -0.1) is 0 Å². The van der Waals surface area contributed by atoms with Gasteiger partial charge in [0.1, 0.15) is 5.69 Å². The zero-order valence-electron chi connectivity index (χ0n) is 17.0. The molecule has 0 aliphatic carbocycles. The number of para-hydroxylation sites is 1. The van der Waals surface area contributed by atoms with Crippen LogP contribution in [0.1, 0.15) is 16.8 Å². The maximum atomic E-state index is 12.6. The monoisotopic (exact) mass is 476 g/mol. The van der Waals surface area contributed by atoms with Gasteiger partial charge in [0.25, 0.3) is 5.56 Å². The molecule has 3 aromatic rings. The molecule has 0 unspecified atom stereocenters. The topological polar surface area (TPSA) is 97.1 Å². The Bertz CT molecular complexity index is 1170. The van der Waals surface area contributed by atoms with E-state index in [9.17, 15) is 31.1 Å². The van der Waals surface area contributed by atoms with Gasteiger partial charge in [-0.3, -0.25) is 14.3 Å². The van der Waals surface area contributed by atoms with Gasteiger partial charge in [-0.25, -0.2) is 9.78 Å². The first-order valence-electron chi connectivity index (χ1n) is 9.28. The van der Waals surface area contributed by atoms with Crippen LogP contribution >= 0.6 is 0 Å². The summed E-state index contributed by atoms with van der Waals surface area (Å²) < 4.78 is 71.1. The molecule has 0 fully saturated rings. The maximum Gasteiger partial charge on any atom is 0.490 e. The highest BCUT2D eigenvalue weighted by molar-refractivity contribution is 5.76. The van der Waals surface area contributed by atoms with Crippen LogP contribution in [-0.2, 0) is 24.1 Å². The molecule has 178 valence electrons. The Morgan fingerprint density at radius 3 is 2.33 bits per heavy atom. The van der Waals surface area contributed by atoms with Crippen LogP contribution < -0.4 is 10.9 Å². The van der Waals surface area contributed by atoms with E-state index in [1.54, 1.807) is 25.1 Å². The number of carboxylic acids is 1. The van der Waals surface area contributed by atoms with Gasteiger partial charge in [-0.2, -0.15) is 26.3 Å². The minimum absolute atomic E-state index is 0.121. The van der Waals surface area contributed by atoms with Gasteiger partial charge in [0.15, 0.2) is 0 Å². The lowest BCUT2D eigenvalue weighted by molar-refractivity contribution is -0.192. The molecule has 0 bridgehead atoms. The van der Waals surface area contributed by atoms with Crippen molar-refractivity contribution in [1.29, 1.82) is 0 Å². The molecule has 0 saturated carbocycles. The quantitative estimate of drug-likeness (QED) is 0.432. The van der Waals surface area contributed by atoms with Crippen LogP contribution in [0.15, 0.2) is 47.7 Å². The average Bonchev–Trinajstić information content (AvgIpc) is 2.72. The molecule has 0 radical (unpaired) electrons. The van der Waals surface area contributed by atoms with E-state index in [2.05, 4.69) is 15.3 Å². The first kappa shape index (κ1) is 25.8. The molecule has 2 aromatic heterocycles. The van der Waals surface area contributed by atoms with Crippen molar-refractivity contribution in [2.75, 3.05) is 6.54 Å². The van der Waals surface area contributed by atoms with E-state index < -0.39 is 24.0 Å². The second-order valence-corrected chi connectivity index (χ2v) is 6.73. The highest BCUT2D eigenvalue weighted by Crippen LogP contribution is 2.28. The number of alkyl halides is 6. The van der Waals surface area contributed by atoms with Crippen molar-refractivity contribution in [3.8, 4) is 0 Å². The standard InChI is InChI=1S/C18H17F3N4O.C2HF3O2/c1-12-8-16(18(19,20)21)23-10-13(12)9-22-6-7-25-11-24-15-5-3-2-4-14(15)17(25)26;3-2(4,5)1(6)7/h2-5,8,10-11,22H,6-7,9H2,1H3;(H,6,7). The Labute approximate surface area is 182 Å². The number of rotatable bonds is 5. The number of benzene rings is 1. The van der Waals surface area contributed by atoms with Crippen LogP contribution in [0, 0.1) is 6.92 Å². The molecule has 13 heteroatoms. The van der Waals surface area contributed by atoms with Crippen molar-refractivity contribution >= 4 is 16.9 Å². The van der Waals surface area contributed by atoms with Gasteiger partial charge in [0, 0.05) is 25.8 Å². The number of hydrogen-bond donors (Lipinski definition) is 2. The first-order chi connectivity index (χ1) is 15.3. The minimum Gasteiger partial charge on any atom is -0.475 e. The molecule has 0 spiro atoms. The fourth-order valence-electron chi connectivity index (χ4n) is 2.61. The molecule has 0 aliphatic heterocycles. The molecule has 0 saturated heterocycles. The van der Waals surface area contributed by atoms with E-state index in [1.807, 2.05) is 6.07 Å². The molecule has 7 nitrogen and oxygen atoms in total. The Kier molecular flexibility index (Phi) is 8.14. The Balaban J connectivity index is 0.000000479. The number of pyridine rings is 1. The second kappa shape index (κ2) is 10.4. The van der Waals surface area contributed by atoms with E-state index in [-0.39, 0.29) is 5.56 Å². The van der Waals surface area contributed by atoms with Crippen LogP contribution in [0.4, 0.5) is 26.3 Å². The predicted molar refractivity (Wildman–Crippen MR) is 105 cm³/mol. The smallest absolute Gasteiger partial charge is 0.475 e. The molecule has 3 rings (SSSR count). The summed E-state index contributed by atoms with van der Waals surface area (Å²) in [4.78, 5) is 29.0. The number of carboxylic acid groups (broad SMARTS) is 1. The number of aryl methyl sites for hydroxylation is 1. The number of aliphatic carboxylic acids is 1. The summed E-state index contributed by atoms with van der Waals surface area (Å²) in [5.41, 5.74) is 0.830. The third kappa shape index (κ3) is 7.27. The SMILES string of the molecule is Cc1cc(C(F)(F)F)ncc1CNCCn1cnc2ccccc2c1=O.O=C(O)C(F)(F)F. The lowest BCUT2D eigenvalue weighted by atomic mass is 10.1. The normalized spacial score (nSPS) is 11.7. The average molecular weight is 476 g/mol. The summed E-state index contributed by atoms with van der Waals surface area (Å²) >= 11 is 0. The molecule has 33 heavy (non-hydrogen) atoms. The molecule has 1 aromatic carbocycles. The molecule has 2 N–H and O–H groups in total. The van der Waals surface area contributed by atoms with E-state index in [0.717, 1.165) is 6.07 Å². The zero-order valence-corrected chi connectivity index (χ0v) is 17.0. The third-order valence-corrected chi connectivity index (χ3v) is 4.33. The van der Waals surface area contributed by atoms with Gasteiger partial charge in [-0.1, -0.05) is 12.1 Å². The Morgan fingerprint density at radius 2 is 1.76 bits per heavy atom. The van der Waals surface area contributed by atoms with Crippen molar-refractivity contribution in [2.45, 2.75) is 32.4 Å². The second-order valence-electron chi connectivity index (χ2n) is 6.73. The lowest BCUT2D eigenvalue weighted by Gasteiger charge is -2.11. The fraction of sp³-hybridized carbons (Fsp3) is 0.300. The summed E-state index contributed by atoms with van der Waals surface area (Å²) in [5.74, 6) is -2.76. The molecular formula is C20H18F6N4O3. The van der Waals surface area contributed by atoms with Crippen LogP contribution in [0.25, 0.3) is 10.9 Å². The van der Waals surface area contributed by atoms with Crippen LogP contribution in [0.3, 0.4) is 0 Å². The summed E-state index contributed by atoms with van der Waals surface area (Å²) in [7, 11) is 0. The fourth-order valence-corrected chi connectivity index (χ4v) is 2.61. The molecule has 0 atom stereocenters. The number of carbonyl (C=O) groups is 1. The number of aromatic nitrogens is 3. The van der Waals surface area contributed by atoms with Gasteiger partial charge in [-0.05, 0) is 36.2 Å². The van der Waals surface area contributed by atoms with Crippen LogP contribution in [-0.4, -0.2) is 38.3 Å². The molecule has 2 heterocycles. The van der Waals surface area contributed by atoms with Crippen molar-refractivity contribution in [3.05, 3.63) is 70.0 Å². The van der Waals surface area contributed by atoms with Crippen molar-refractivity contribution < 1.29 is 36.2 Å². The number of fused-ring (bicyclic) bond motifs is 1. The van der Waals surface area contributed by atoms with E-state index in [0.29, 0.717) is 41.7 Å². The van der Waals surface area contributed by atoms with Crippen molar-refractivity contribution in [2.24, 2.45) is 0 Å². The van der Waals surface area contributed by atoms with Crippen molar-refractivity contribution in [3.63, 3.8) is 0 Å². The number of nitrogens with one attached hydrogen (secondary N) is 1. The highest BCUT2D eigenvalue weighted by atomic mass is 19.4. The number of nitrogens with zero attached hydrogens (tertiary/aromatic N) is 3. The van der Waals surface area contributed by atoms with Gasteiger partial charge in [0.05, 0.1) is 17.2 Å². The highest BCUT2D eigenvalue weighted by Gasteiger charge is 2.38. The summed E-state index contributed by atoms with van der Waals surface area (Å²) in [5, 5.41) is 10.8. The van der Waals surface area contributed by atoms with Gasteiger partial charge in [0.2, 0.25) is 0 Å². The lowest BCUT2D eigenvalue weighted by Crippen LogP contribution is -2.27. The molecular weight excluding hydrogens is 458 g/mol.